The van der Waals surface area contributed by atoms with Crippen molar-refractivity contribution in [2.75, 3.05) is 0 Å². The number of hydrogen-bond donors (Lipinski definition) is 1. The molecule has 98 valence electrons. The van der Waals surface area contributed by atoms with Gasteiger partial charge in [0.2, 0.25) is 0 Å². The standard InChI is InChI=1S/C10H10BrF4N.ClH/c11-6-1-2-8(12)7(5-6)9(16)3-4-10(13,14)15;/h1-2,5,9H,3-4,16H2;1H/t9-;/m1./s1. The van der Waals surface area contributed by atoms with Crippen molar-refractivity contribution >= 4 is 28.3 Å². The Labute approximate surface area is 111 Å². The van der Waals surface area contributed by atoms with Gasteiger partial charge < -0.3 is 5.73 Å². The highest BCUT2D eigenvalue weighted by molar-refractivity contribution is 9.10. The van der Waals surface area contributed by atoms with E-state index in [1.807, 2.05) is 0 Å². The van der Waals surface area contributed by atoms with Crippen LogP contribution in [0.25, 0.3) is 0 Å². The second-order valence-corrected chi connectivity index (χ2v) is 4.34. The Balaban J connectivity index is 0.00000256. The van der Waals surface area contributed by atoms with Crippen molar-refractivity contribution in [3.63, 3.8) is 0 Å². The summed E-state index contributed by atoms with van der Waals surface area (Å²) >= 11 is 3.11. The SMILES string of the molecule is Cl.N[C@H](CCC(F)(F)F)c1cc(Br)ccc1F. The Morgan fingerprint density at radius 3 is 2.41 bits per heavy atom. The molecule has 1 atom stereocenters. The molecule has 0 fully saturated rings. The lowest BCUT2D eigenvalue weighted by Gasteiger charge is -2.14. The molecule has 0 spiro atoms. The topological polar surface area (TPSA) is 26.0 Å². The van der Waals surface area contributed by atoms with Crippen molar-refractivity contribution in [1.82, 2.24) is 0 Å². The number of benzene rings is 1. The predicted molar refractivity (Wildman–Crippen MR) is 63.6 cm³/mol. The Hall–Kier alpha value is -0.330. The van der Waals surface area contributed by atoms with Gasteiger partial charge in [-0.25, -0.2) is 4.39 Å². The maximum absolute atomic E-state index is 13.3. The molecule has 0 aliphatic carbocycles. The molecule has 17 heavy (non-hydrogen) atoms. The minimum absolute atomic E-state index is 0. The molecule has 0 aliphatic rings. The summed E-state index contributed by atoms with van der Waals surface area (Å²) in [7, 11) is 0. The third-order valence-electron chi connectivity index (χ3n) is 2.10. The molecule has 1 nitrogen and oxygen atoms in total. The van der Waals surface area contributed by atoms with Gasteiger partial charge in [0.05, 0.1) is 0 Å². The van der Waals surface area contributed by atoms with Crippen LogP contribution >= 0.6 is 28.3 Å². The summed E-state index contributed by atoms with van der Waals surface area (Å²) in [6.07, 6.45) is -5.60. The van der Waals surface area contributed by atoms with E-state index < -0.39 is 24.5 Å². The average Bonchev–Trinajstić information content (AvgIpc) is 2.17. The lowest BCUT2D eigenvalue weighted by molar-refractivity contribution is -0.136. The maximum atomic E-state index is 13.3. The van der Waals surface area contributed by atoms with E-state index in [2.05, 4.69) is 15.9 Å². The van der Waals surface area contributed by atoms with Gasteiger partial charge >= 0.3 is 6.18 Å². The number of alkyl halides is 3. The lowest BCUT2D eigenvalue weighted by Crippen LogP contribution is -2.16. The number of halogens is 6. The van der Waals surface area contributed by atoms with Crippen LogP contribution in [0.1, 0.15) is 24.4 Å². The second-order valence-electron chi connectivity index (χ2n) is 3.43. The van der Waals surface area contributed by atoms with Crippen LogP contribution in [-0.4, -0.2) is 6.18 Å². The summed E-state index contributed by atoms with van der Waals surface area (Å²) in [5.74, 6) is -0.585. The van der Waals surface area contributed by atoms with Crippen molar-refractivity contribution in [3.05, 3.63) is 34.1 Å². The van der Waals surface area contributed by atoms with Gasteiger partial charge in [-0.15, -0.1) is 12.4 Å². The van der Waals surface area contributed by atoms with Crippen LogP contribution in [0.2, 0.25) is 0 Å². The van der Waals surface area contributed by atoms with E-state index in [4.69, 9.17) is 5.73 Å². The zero-order valence-electron chi connectivity index (χ0n) is 8.60. The van der Waals surface area contributed by atoms with E-state index >= 15 is 0 Å². The molecule has 0 aliphatic heterocycles. The molecular weight excluding hydrogens is 325 g/mol. The molecule has 0 unspecified atom stereocenters. The van der Waals surface area contributed by atoms with Crippen LogP contribution in [0.4, 0.5) is 17.6 Å². The van der Waals surface area contributed by atoms with Crippen molar-refractivity contribution in [1.29, 1.82) is 0 Å². The first-order valence-electron chi connectivity index (χ1n) is 4.57. The van der Waals surface area contributed by atoms with Crippen LogP contribution in [0.5, 0.6) is 0 Å². The zero-order valence-corrected chi connectivity index (χ0v) is 11.0. The van der Waals surface area contributed by atoms with Crippen molar-refractivity contribution in [3.8, 4) is 0 Å². The molecule has 2 N–H and O–H groups in total. The predicted octanol–water partition coefficient (Wildman–Crippen LogP) is 4.35. The van der Waals surface area contributed by atoms with Gasteiger partial charge in [-0.05, 0) is 24.6 Å². The molecule has 7 heteroatoms. The summed E-state index contributed by atoms with van der Waals surface area (Å²) in [4.78, 5) is 0. The first-order chi connectivity index (χ1) is 7.29. The van der Waals surface area contributed by atoms with Crippen molar-refractivity contribution in [2.45, 2.75) is 25.1 Å². The van der Waals surface area contributed by atoms with Gasteiger partial charge in [-0.1, -0.05) is 15.9 Å². The Bertz CT molecular complexity index is 370. The molecule has 1 aromatic carbocycles. The smallest absolute Gasteiger partial charge is 0.324 e. The summed E-state index contributed by atoms with van der Waals surface area (Å²) in [6, 6.07) is 3.09. The van der Waals surface area contributed by atoms with Crippen LogP contribution in [0.15, 0.2) is 22.7 Å². The minimum atomic E-state index is -4.26. The fourth-order valence-corrected chi connectivity index (χ4v) is 1.65. The molecule has 0 amide bonds. The molecular formula is C10H11BrClF4N. The normalized spacial score (nSPS) is 13.1. The molecule has 1 aromatic rings. The lowest BCUT2D eigenvalue weighted by atomic mass is 10.0. The van der Waals surface area contributed by atoms with Gasteiger partial charge in [-0.3, -0.25) is 0 Å². The highest BCUT2D eigenvalue weighted by atomic mass is 79.9. The van der Waals surface area contributed by atoms with Crippen LogP contribution in [0.3, 0.4) is 0 Å². The molecule has 0 heterocycles. The van der Waals surface area contributed by atoms with Gasteiger partial charge in [0.25, 0.3) is 0 Å². The van der Waals surface area contributed by atoms with Gasteiger partial charge in [0.15, 0.2) is 0 Å². The summed E-state index contributed by atoms with van der Waals surface area (Å²) < 4.78 is 49.7. The van der Waals surface area contributed by atoms with Crippen LogP contribution < -0.4 is 5.73 Å². The monoisotopic (exact) mass is 335 g/mol. The third kappa shape index (κ3) is 5.70. The average molecular weight is 337 g/mol. The van der Waals surface area contributed by atoms with E-state index in [1.165, 1.54) is 18.2 Å². The molecule has 0 aromatic heterocycles. The number of nitrogens with two attached hydrogens (primary N) is 1. The van der Waals surface area contributed by atoms with Crippen molar-refractivity contribution < 1.29 is 17.6 Å². The molecule has 1 rings (SSSR count). The van der Waals surface area contributed by atoms with E-state index in [0.717, 1.165) is 0 Å². The van der Waals surface area contributed by atoms with Gasteiger partial charge in [0.1, 0.15) is 5.82 Å². The highest BCUT2D eigenvalue weighted by Gasteiger charge is 2.28. The molecule has 0 bridgehead atoms. The summed E-state index contributed by atoms with van der Waals surface area (Å²) in [5.41, 5.74) is 5.61. The Morgan fingerprint density at radius 2 is 1.88 bits per heavy atom. The summed E-state index contributed by atoms with van der Waals surface area (Å²) in [6.45, 7) is 0. The summed E-state index contributed by atoms with van der Waals surface area (Å²) in [5, 5.41) is 0. The number of hydrogen-bond acceptors (Lipinski definition) is 1. The minimum Gasteiger partial charge on any atom is -0.324 e. The highest BCUT2D eigenvalue weighted by Crippen LogP contribution is 2.28. The maximum Gasteiger partial charge on any atom is 0.389 e. The Morgan fingerprint density at radius 1 is 1.29 bits per heavy atom. The van der Waals surface area contributed by atoms with Crippen LogP contribution in [0, 0.1) is 5.82 Å². The first kappa shape index (κ1) is 16.7. The van der Waals surface area contributed by atoms with E-state index in [1.54, 1.807) is 0 Å². The molecule has 0 saturated carbocycles. The Kier molecular flexibility index (Phi) is 6.43. The van der Waals surface area contributed by atoms with Gasteiger partial charge in [-0.2, -0.15) is 13.2 Å². The van der Waals surface area contributed by atoms with Gasteiger partial charge in [0, 0.05) is 22.5 Å². The molecule has 0 saturated heterocycles. The molecule has 0 radical (unpaired) electrons. The fraction of sp³-hybridized carbons (Fsp3) is 0.400. The van der Waals surface area contributed by atoms with E-state index in [-0.39, 0.29) is 24.4 Å². The second kappa shape index (κ2) is 6.56. The third-order valence-corrected chi connectivity index (χ3v) is 2.59. The first-order valence-corrected chi connectivity index (χ1v) is 5.36. The fourth-order valence-electron chi connectivity index (χ4n) is 1.27. The quantitative estimate of drug-likeness (QED) is 0.816. The number of rotatable bonds is 3. The van der Waals surface area contributed by atoms with E-state index in [9.17, 15) is 17.6 Å². The van der Waals surface area contributed by atoms with Crippen LogP contribution in [-0.2, 0) is 0 Å². The zero-order chi connectivity index (χ0) is 12.3. The van der Waals surface area contributed by atoms with Crippen molar-refractivity contribution in [2.24, 2.45) is 5.73 Å². The largest absolute Gasteiger partial charge is 0.389 e. The van der Waals surface area contributed by atoms with E-state index in [0.29, 0.717) is 4.47 Å².